The van der Waals surface area contributed by atoms with E-state index in [9.17, 15) is 13.2 Å². The fourth-order valence-corrected chi connectivity index (χ4v) is 4.21. The summed E-state index contributed by atoms with van der Waals surface area (Å²) in [4.78, 5) is 13.8. The Kier molecular flexibility index (Phi) is 5.61. The number of anilines is 1. The lowest BCUT2D eigenvalue weighted by Crippen LogP contribution is -2.23. The van der Waals surface area contributed by atoms with Gasteiger partial charge in [0.1, 0.15) is 0 Å². The molecule has 138 valence electrons. The third-order valence-electron chi connectivity index (χ3n) is 4.50. The van der Waals surface area contributed by atoms with Gasteiger partial charge in [0.05, 0.1) is 4.90 Å². The molecule has 5 nitrogen and oxygen atoms in total. The Morgan fingerprint density at radius 1 is 1.08 bits per heavy atom. The molecule has 1 heterocycles. The zero-order valence-corrected chi connectivity index (χ0v) is 15.8. The standard InChI is InChI=1S/C20H24N2O3S/c1-2-5-16-9-11-19(12-10-16)26(24,25)21-18-7-3-6-17(14-18)15-22-13-4-8-20(22)23/h3,6-7,9-12,14,21H,2,4-5,8,13,15H2,1H3. The molecule has 0 saturated carbocycles. The first kappa shape index (κ1) is 18.5. The summed E-state index contributed by atoms with van der Waals surface area (Å²) in [6.07, 6.45) is 3.45. The van der Waals surface area contributed by atoms with Crippen LogP contribution in [0.1, 0.15) is 37.3 Å². The van der Waals surface area contributed by atoms with Gasteiger partial charge in [-0.25, -0.2) is 8.42 Å². The van der Waals surface area contributed by atoms with E-state index in [1.54, 1.807) is 35.2 Å². The molecule has 0 spiro atoms. The van der Waals surface area contributed by atoms with Crippen LogP contribution in [0, 0.1) is 0 Å². The highest BCUT2D eigenvalue weighted by Gasteiger charge is 2.20. The summed E-state index contributed by atoms with van der Waals surface area (Å²) in [7, 11) is -3.63. The zero-order valence-electron chi connectivity index (χ0n) is 14.9. The van der Waals surface area contributed by atoms with Crippen molar-refractivity contribution in [2.45, 2.75) is 44.0 Å². The fraction of sp³-hybridized carbons (Fsp3) is 0.350. The van der Waals surface area contributed by atoms with Crippen LogP contribution >= 0.6 is 0 Å². The zero-order chi connectivity index (χ0) is 18.6. The maximum Gasteiger partial charge on any atom is 0.261 e. The average molecular weight is 372 g/mol. The summed E-state index contributed by atoms with van der Waals surface area (Å²) < 4.78 is 27.8. The third-order valence-corrected chi connectivity index (χ3v) is 5.89. The molecule has 0 atom stereocenters. The third kappa shape index (κ3) is 4.43. The SMILES string of the molecule is CCCc1ccc(S(=O)(=O)Nc2cccc(CN3CCCC3=O)c2)cc1. The fourth-order valence-electron chi connectivity index (χ4n) is 3.16. The Morgan fingerprint density at radius 2 is 1.85 bits per heavy atom. The number of amides is 1. The number of carbonyl (C=O) groups excluding carboxylic acids is 1. The van der Waals surface area contributed by atoms with Gasteiger partial charge in [0.25, 0.3) is 10.0 Å². The first-order valence-corrected chi connectivity index (χ1v) is 10.4. The van der Waals surface area contributed by atoms with Gasteiger partial charge in [0.15, 0.2) is 0 Å². The van der Waals surface area contributed by atoms with Gasteiger partial charge in [0, 0.05) is 25.2 Å². The van der Waals surface area contributed by atoms with Gasteiger partial charge in [-0.05, 0) is 48.2 Å². The van der Waals surface area contributed by atoms with Crippen molar-refractivity contribution in [2.24, 2.45) is 0 Å². The van der Waals surface area contributed by atoms with E-state index in [4.69, 9.17) is 0 Å². The number of hydrogen-bond acceptors (Lipinski definition) is 3. The molecular formula is C20H24N2O3S. The lowest BCUT2D eigenvalue weighted by atomic mass is 10.1. The molecule has 1 aliphatic heterocycles. The molecule has 1 fully saturated rings. The van der Waals surface area contributed by atoms with Gasteiger partial charge < -0.3 is 4.90 Å². The van der Waals surface area contributed by atoms with Crippen LogP contribution in [-0.2, 0) is 27.8 Å². The monoisotopic (exact) mass is 372 g/mol. The maximum atomic E-state index is 12.6. The minimum Gasteiger partial charge on any atom is -0.338 e. The van der Waals surface area contributed by atoms with Crippen molar-refractivity contribution in [1.82, 2.24) is 4.90 Å². The van der Waals surface area contributed by atoms with Gasteiger partial charge in [-0.2, -0.15) is 0 Å². The second-order valence-corrected chi connectivity index (χ2v) is 8.30. The highest BCUT2D eigenvalue weighted by Crippen LogP contribution is 2.20. The second kappa shape index (κ2) is 7.91. The number of aryl methyl sites for hydroxylation is 1. The second-order valence-electron chi connectivity index (χ2n) is 6.62. The lowest BCUT2D eigenvalue weighted by Gasteiger charge is -2.16. The highest BCUT2D eigenvalue weighted by molar-refractivity contribution is 7.92. The minimum atomic E-state index is -3.63. The molecule has 0 bridgehead atoms. The first-order valence-electron chi connectivity index (χ1n) is 8.96. The highest BCUT2D eigenvalue weighted by atomic mass is 32.2. The molecule has 0 aromatic heterocycles. The van der Waals surface area contributed by atoms with Gasteiger partial charge in [0.2, 0.25) is 5.91 Å². The van der Waals surface area contributed by atoms with E-state index in [1.165, 1.54) is 0 Å². The van der Waals surface area contributed by atoms with Crippen LogP contribution in [0.15, 0.2) is 53.4 Å². The summed E-state index contributed by atoms with van der Waals surface area (Å²) >= 11 is 0. The lowest BCUT2D eigenvalue weighted by molar-refractivity contribution is -0.128. The number of hydrogen-bond donors (Lipinski definition) is 1. The van der Waals surface area contributed by atoms with Crippen LogP contribution < -0.4 is 4.72 Å². The molecule has 1 N–H and O–H groups in total. The number of nitrogens with zero attached hydrogens (tertiary/aromatic N) is 1. The molecular weight excluding hydrogens is 348 g/mol. The number of rotatable bonds is 7. The van der Waals surface area contributed by atoms with E-state index >= 15 is 0 Å². The van der Waals surface area contributed by atoms with Crippen molar-refractivity contribution < 1.29 is 13.2 Å². The summed E-state index contributed by atoms with van der Waals surface area (Å²) in [5, 5.41) is 0. The Hall–Kier alpha value is -2.34. The van der Waals surface area contributed by atoms with Crippen LogP contribution in [0.5, 0.6) is 0 Å². The topological polar surface area (TPSA) is 66.5 Å². The number of sulfonamides is 1. The molecule has 1 saturated heterocycles. The molecule has 6 heteroatoms. The van der Waals surface area contributed by atoms with Crippen LogP contribution in [0.4, 0.5) is 5.69 Å². The molecule has 0 radical (unpaired) electrons. The predicted octanol–water partition coefficient (Wildman–Crippen LogP) is 3.56. The number of carbonyl (C=O) groups is 1. The molecule has 26 heavy (non-hydrogen) atoms. The normalized spacial score (nSPS) is 14.7. The van der Waals surface area contributed by atoms with Gasteiger partial charge in [-0.3, -0.25) is 9.52 Å². The van der Waals surface area contributed by atoms with Crippen molar-refractivity contribution in [3.63, 3.8) is 0 Å². The quantitative estimate of drug-likeness (QED) is 0.808. The van der Waals surface area contributed by atoms with E-state index in [-0.39, 0.29) is 10.8 Å². The van der Waals surface area contributed by atoms with Crippen molar-refractivity contribution in [1.29, 1.82) is 0 Å². The van der Waals surface area contributed by atoms with Crippen molar-refractivity contribution in [2.75, 3.05) is 11.3 Å². The Labute approximate surface area is 155 Å². The molecule has 3 rings (SSSR count). The van der Waals surface area contributed by atoms with Crippen LogP contribution in [0.2, 0.25) is 0 Å². The molecule has 0 aliphatic carbocycles. The number of nitrogens with one attached hydrogen (secondary N) is 1. The van der Waals surface area contributed by atoms with Crippen molar-refractivity contribution in [3.05, 3.63) is 59.7 Å². The molecule has 2 aromatic carbocycles. The molecule has 1 aliphatic rings. The Bertz CT molecular complexity index is 876. The first-order chi connectivity index (χ1) is 12.5. The summed E-state index contributed by atoms with van der Waals surface area (Å²) in [6, 6.07) is 14.2. The van der Waals surface area contributed by atoms with E-state index in [0.717, 1.165) is 36.9 Å². The summed E-state index contributed by atoms with van der Waals surface area (Å²) in [5.41, 5.74) is 2.55. The van der Waals surface area contributed by atoms with Gasteiger partial charge in [-0.15, -0.1) is 0 Å². The number of likely N-dealkylation sites (tertiary alicyclic amines) is 1. The van der Waals surface area contributed by atoms with Crippen LogP contribution in [-0.4, -0.2) is 25.8 Å². The van der Waals surface area contributed by atoms with Gasteiger partial charge >= 0.3 is 0 Å². The van der Waals surface area contributed by atoms with E-state index < -0.39 is 10.0 Å². The summed E-state index contributed by atoms with van der Waals surface area (Å²) in [5.74, 6) is 0.156. The van der Waals surface area contributed by atoms with E-state index in [1.807, 2.05) is 18.2 Å². The van der Waals surface area contributed by atoms with Crippen LogP contribution in [0.3, 0.4) is 0 Å². The Balaban J connectivity index is 1.72. The van der Waals surface area contributed by atoms with E-state index in [0.29, 0.717) is 18.7 Å². The number of benzene rings is 2. The largest absolute Gasteiger partial charge is 0.338 e. The summed E-state index contributed by atoms with van der Waals surface area (Å²) in [6.45, 7) is 3.37. The van der Waals surface area contributed by atoms with Crippen molar-refractivity contribution >= 4 is 21.6 Å². The molecule has 1 amide bonds. The Morgan fingerprint density at radius 3 is 2.50 bits per heavy atom. The van der Waals surface area contributed by atoms with Crippen molar-refractivity contribution in [3.8, 4) is 0 Å². The van der Waals surface area contributed by atoms with Gasteiger partial charge in [-0.1, -0.05) is 37.6 Å². The maximum absolute atomic E-state index is 12.6. The smallest absolute Gasteiger partial charge is 0.261 e. The minimum absolute atomic E-state index is 0.156. The molecule has 2 aromatic rings. The predicted molar refractivity (Wildman–Crippen MR) is 102 cm³/mol. The molecule has 0 unspecified atom stereocenters. The van der Waals surface area contributed by atoms with Crippen LogP contribution in [0.25, 0.3) is 0 Å². The van der Waals surface area contributed by atoms with E-state index in [2.05, 4.69) is 11.6 Å². The average Bonchev–Trinajstić information content (AvgIpc) is 3.00.